The molecule has 0 radical (unpaired) electrons. The second kappa shape index (κ2) is 6.15. The van der Waals surface area contributed by atoms with E-state index in [0.29, 0.717) is 12.1 Å². The van der Waals surface area contributed by atoms with Crippen LogP contribution in [0, 0.1) is 11.7 Å². The number of hydrogen-bond acceptors (Lipinski definition) is 2. The van der Waals surface area contributed by atoms with E-state index < -0.39 is 0 Å². The molecule has 0 spiro atoms. The Labute approximate surface area is 113 Å². The van der Waals surface area contributed by atoms with Crippen molar-refractivity contribution in [3.8, 4) is 0 Å². The van der Waals surface area contributed by atoms with Gasteiger partial charge in [0.05, 0.1) is 0 Å². The van der Waals surface area contributed by atoms with Gasteiger partial charge in [-0.3, -0.25) is 4.79 Å². The molecular weight excluding hydrogens is 243 g/mol. The van der Waals surface area contributed by atoms with Gasteiger partial charge in [0.15, 0.2) is 0 Å². The molecule has 1 amide bonds. The second-order valence-corrected chi connectivity index (χ2v) is 5.41. The number of rotatable bonds is 3. The highest BCUT2D eigenvalue weighted by Crippen LogP contribution is 2.25. The Morgan fingerprint density at radius 3 is 2.84 bits per heavy atom. The molecular formula is C15H21FN2O. The van der Waals surface area contributed by atoms with Crippen LogP contribution >= 0.6 is 0 Å². The molecule has 0 bridgehead atoms. The lowest BCUT2D eigenvalue weighted by Gasteiger charge is -2.29. The lowest BCUT2D eigenvalue weighted by atomic mass is 9.85. The number of nitrogens with two attached hydrogens (primary N) is 1. The maximum atomic E-state index is 13.6. The summed E-state index contributed by atoms with van der Waals surface area (Å²) in [6.45, 7) is 0.317. The predicted octanol–water partition coefficient (Wildman–Crippen LogP) is 2.30. The fraction of sp³-hybridized carbons (Fsp3) is 0.533. The lowest BCUT2D eigenvalue weighted by Crippen LogP contribution is -2.38. The van der Waals surface area contributed by atoms with E-state index in [-0.39, 0.29) is 23.7 Å². The monoisotopic (exact) mass is 264 g/mol. The van der Waals surface area contributed by atoms with E-state index in [2.05, 4.69) is 0 Å². The van der Waals surface area contributed by atoms with Crippen LogP contribution in [0.15, 0.2) is 24.3 Å². The summed E-state index contributed by atoms with van der Waals surface area (Å²) >= 11 is 0. The van der Waals surface area contributed by atoms with Gasteiger partial charge in [-0.05, 0) is 25.3 Å². The normalized spacial score (nSPS) is 23.1. The van der Waals surface area contributed by atoms with Gasteiger partial charge in [-0.2, -0.15) is 0 Å². The van der Waals surface area contributed by atoms with Crippen molar-refractivity contribution in [1.29, 1.82) is 0 Å². The summed E-state index contributed by atoms with van der Waals surface area (Å²) in [4.78, 5) is 13.9. The van der Waals surface area contributed by atoms with Crippen LogP contribution in [0.1, 0.15) is 31.2 Å². The molecule has 1 fully saturated rings. The van der Waals surface area contributed by atoms with Gasteiger partial charge in [0.2, 0.25) is 5.91 Å². The average Bonchev–Trinajstić information content (AvgIpc) is 2.40. The van der Waals surface area contributed by atoms with Crippen molar-refractivity contribution >= 4 is 5.91 Å². The molecule has 2 N–H and O–H groups in total. The molecule has 0 unspecified atom stereocenters. The van der Waals surface area contributed by atoms with Crippen molar-refractivity contribution in [2.75, 3.05) is 7.05 Å². The first-order valence-electron chi connectivity index (χ1n) is 6.82. The first-order valence-corrected chi connectivity index (χ1v) is 6.82. The molecule has 1 aliphatic rings. The zero-order chi connectivity index (χ0) is 13.8. The Kier molecular flexibility index (Phi) is 4.53. The molecule has 1 aromatic rings. The van der Waals surface area contributed by atoms with Crippen LogP contribution < -0.4 is 5.73 Å². The van der Waals surface area contributed by atoms with Crippen LogP contribution in [0.3, 0.4) is 0 Å². The van der Waals surface area contributed by atoms with Crippen molar-refractivity contribution in [2.24, 2.45) is 11.7 Å². The molecule has 4 heteroatoms. The Hall–Kier alpha value is -1.42. The zero-order valence-electron chi connectivity index (χ0n) is 11.3. The molecule has 19 heavy (non-hydrogen) atoms. The number of nitrogens with zero attached hydrogens (tertiary/aromatic N) is 1. The molecule has 0 aliphatic heterocycles. The van der Waals surface area contributed by atoms with E-state index in [0.717, 1.165) is 25.7 Å². The van der Waals surface area contributed by atoms with Crippen LogP contribution in [0.25, 0.3) is 0 Å². The molecule has 1 aromatic carbocycles. The van der Waals surface area contributed by atoms with Gasteiger partial charge >= 0.3 is 0 Å². The summed E-state index contributed by atoms with van der Waals surface area (Å²) < 4.78 is 13.6. The number of amides is 1. The average molecular weight is 264 g/mol. The minimum atomic E-state index is -0.262. The molecule has 2 rings (SSSR count). The second-order valence-electron chi connectivity index (χ2n) is 5.41. The minimum Gasteiger partial charge on any atom is -0.341 e. The van der Waals surface area contributed by atoms with Crippen LogP contribution in [0.4, 0.5) is 4.39 Å². The highest BCUT2D eigenvalue weighted by molar-refractivity contribution is 5.78. The van der Waals surface area contributed by atoms with E-state index in [9.17, 15) is 9.18 Å². The van der Waals surface area contributed by atoms with E-state index in [1.807, 2.05) is 0 Å². The van der Waals surface area contributed by atoms with E-state index >= 15 is 0 Å². The summed E-state index contributed by atoms with van der Waals surface area (Å²) in [5, 5.41) is 0. The fourth-order valence-corrected chi connectivity index (χ4v) is 2.72. The molecule has 0 heterocycles. The number of halogens is 1. The summed E-state index contributed by atoms with van der Waals surface area (Å²) in [5.41, 5.74) is 6.46. The Morgan fingerprint density at radius 1 is 1.42 bits per heavy atom. The zero-order valence-corrected chi connectivity index (χ0v) is 11.3. The molecule has 1 saturated carbocycles. The number of carbonyl (C=O) groups is 1. The molecule has 0 aromatic heterocycles. The smallest absolute Gasteiger partial charge is 0.225 e. The van der Waals surface area contributed by atoms with Gasteiger partial charge in [0.1, 0.15) is 5.82 Å². The van der Waals surface area contributed by atoms with Crippen molar-refractivity contribution in [1.82, 2.24) is 4.90 Å². The van der Waals surface area contributed by atoms with Crippen molar-refractivity contribution in [3.63, 3.8) is 0 Å². The van der Waals surface area contributed by atoms with Crippen LogP contribution in [-0.4, -0.2) is 23.9 Å². The Balaban J connectivity index is 1.97. The third kappa shape index (κ3) is 3.53. The van der Waals surface area contributed by atoms with Gasteiger partial charge < -0.3 is 10.6 Å². The predicted molar refractivity (Wildman–Crippen MR) is 72.8 cm³/mol. The van der Waals surface area contributed by atoms with E-state index in [1.165, 1.54) is 6.07 Å². The highest BCUT2D eigenvalue weighted by atomic mass is 19.1. The van der Waals surface area contributed by atoms with Crippen molar-refractivity contribution < 1.29 is 9.18 Å². The highest BCUT2D eigenvalue weighted by Gasteiger charge is 2.27. The summed E-state index contributed by atoms with van der Waals surface area (Å²) in [5.74, 6) is -0.179. The van der Waals surface area contributed by atoms with Gasteiger partial charge in [-0.15, -0.1) is 0 Å². The number of benzene rings is 1. The first kappa shape index (κ1) is 14.0. The van der Waals surface area contributed by atoms with E-state index in [4.69, 9.17) is 5.73 Å². The Morgan fingerprint density at radius 2 is 2.16 bits per heavy atom. The van der Waals surface area contributed by atoms with E-state index in [1.54, 1.807) is 30.1 Å². The molecule has 3 nitrogen and oxygen atoms in total. The third-order valence-corrected chi connectivity index (χ3v) is 3.81. The maximum Gasteiger partial charge on any atom is 0.225 e. The molecule has 104 valence electrons. The van der Waals surface area contributed by atoms with Crippen molar-refractivity contribution in [3.05, 3.63) is 35.6 Å². The summed E-state index contributed by atoms with van der Waals surface area (Å²) in [6, 6.07) is 6.70. The third-order valence-electron chi connectivity index (χ3n) is 3.81. The van der Waals surface area contributed by atoms with Gasteiger partial charge in [-0.25, -0.2) is 4.39 Å². The summed E-state index contributed by atoms with van der Waals surface area (Å²) in [6.07, 6.45) is 3.65. The number of carbonyl (C=O) groups excluding carboxylic acids is 1. The largest absolute Gasteiger partial charge is 0.341 e. The van der Waals surface area contributed by atoms with Crippen LogP contribution in [0.5, 0.6) is 0 Å². The maximum absolute atomic E-state index is 13.6. The minimum absolute atomic E-state index is 0.000485. The SMILES string of the molecule is CN(Cc1ccccc1F)C(=O)[C@H]1CCC[C@@H](N)C1. The van der Waals surface area contributed by atoms with Gasteiger partial charge in [0, 0.05) is 31.1 Å². The lowest BCUT2D eigenvalue weighted by molar-refractivity contribution is -0.135. The topological polar surface area (TPSA) is 46.3 Å². The molecule has 1 aliphatic carbocycles. The van der Waals surface area contributed by atoms with Crippen LogP contribution in [0.2, 0.25) is 0 Å². The fourth-order valence-electron chi connectivity index (χ4n) is 2.72. The summed E-state index contributed by atoms with van der Waals surface area (Å²) in [7, 11) is 1.73. The molecule has 2 atom stereocenters. The van der Waals surface area contributed by atoms with Crippen LogP contribution in [-0.2, 0) is 11.3 Å². The Bertz CT molecular complexity index is 450. The molecule has 0 saturated heterocycles. The van der Waals surface area contributed by atoms with Crippen molar-refractivity contribution in [2.45, 2.75) is 38.3 Å². The standard InChI is InChI=1S/C15H21FN2O/c1-18(10-12-5-2-3-8-14(12)16)15(19)11-6-4-7-13(17)9-11/h2-3,5,8,11,13H,4,6-7,9-10,17H2,1H3/t11-,13+/m0/s1. The first-order chi connectivity index (χ1) is 9.08. The van der Waals surface area contributed by atoms with Gasteiger partial charge in [0.25, 0.3) is 0 Å². The van der Waals surface area contributed by atoms with Gasteiger partial charge in [-0.1, -0.05) is 24.6 Å². The number of hydrogen-bond donors (Lipinski definition) is 1. The quantitative estimate of drug-likeness (QED) is 0.910.